The molecule has 2 aromatic rings. The first-order valence-corrected chi connectivity index (χ1v) is 10.6. The number of nitrogen functional groups attached to an aromatic ring is 1. The van der Waals surface area contributed by atoms with Crippen LogP contribution in [0.3, 0.4) is 0 Å². The van der Waals surface area contributed by atoms with Crippen molar-refractivity contribution in [2.75, 3.05) is 17.2 Å². The number of aliphatic hydroxyl groups is 1. The summed E-state index contributed by atoms with van der Waals surface area (Å²) in [4.78, 5) is 24.8. The van der Waals surface area contributed by atoms with Gasteiger partial charge in [0.05, 0.1) is 6.33 Å². The van der Waals surface area contributed by atoms with Crippen molar-refractivity contribution < 1.29 is 14.6 Å². The van der Waals surface area contributed by atoms with E-state index >= 15 is 0 Å². The number of nitrogens with zero attached hydrogens (tertiary/aromatic N) is 4. The van der Waals surface area contributed by atoms with Crippen molar-refractivity contribution in [2.24, 2.45) is 11.8 Å². The Hall–Kier alpha value is -1.71. The molecule has 2 fully saturated rings. The number of imidazole rings is 1. The van der Waals surface area contributed by atoms with Crippen LogP contribution in [0.4, 0.5) is 5.82 Å². The maximum Gasteiger partial charge on any atom is 0.213 e. The zero-order chi connectivity index (χ0) is 19.0. The molecule has 4 rings (SSSR count). The second-order valence-electron chi connectivity index (χ2n) is 7.63. The van der Waals surface area contributed by atoms with Crippen LogP contribution in [-0.4, -0.2) is 54.1 Å². The first kappa shape index (κ1) is 18.6. The van der Waals surface area contributed by atoms with Gasteiger partial charge in [0.25, 0.3) is 0 Å². The van der Waals surface area contributed by atoms with E-state index in [0.29, 0.717) is 16.9 Å². The lowest BCUT2D eigenvalue weighted by Gasteiger charge is -2.26. The zero-order valence-corrected chi connectivity index (χ0v) is 16.1. The molecule has 2 aromatic heterocycles. The average Bonchev–Trinajstić information content (AvgIpc) is 3.19. The molecule has 9 heteroatoms. The molecule has 8 nitrogen and oxygen atoms in total. The van der Waals surface area contributed by atoms with Crippen molar-refractivity contribution in [1.82, 2.24) is 19.5 Å². The average molecular weight is 391 g/mol. The molecule has 5 atom stereocenters. The van der Waals surface area contributed by atoms with Gasteiger partial charge in [-0.2, -0.15) is 11.8 Å². The maximum atomic E-state index is 12.5. The Labute approximate surface area is 161 Å². The zero-order valence-electron chi connectivity index (χ0n) is 15.3. The number of fused-ring (bicyclic) bond motifs is 1. The standard InChI is InChI=1S/C18H25N5O3S/c1-10-3-2-4-11(5-10)6-27-7-12-14(24)15(25)18(26-12)23-9-22-13-16(19)20-8-21-17(13)23/h8-12,14,18,24H,2-7H2,1H3,(H2,19,20,21)/t10?,11?,12-,14-,18-/m1/s1. The number of ketones is 1. The van der Waals surface area contributed by atoms with Crippen molar-refractivity contribution in [3.8, 4) is 0 Å². The number of thioether (sulfide) groups is 1. The summed E-state index contributed by atoms with van der Waals surface area (Å²) in [6.07, 6.45) is 5.37. The van der Waals surface area contributed by atoms with Crippen LogP contribution in [0.15, 0.2) is 12.7 Å². The number of aliphatic hydroxyl groups excluding tert-OH is 1. The largest absolute Gasteiger partial charge is 0.382 e. The van der Waals surface area contributed by atoms with Gasteiger partial charge in [0, 0.05) is 5.75 Å². The normalized spacial score (nSPS) is 31.6. The van der Waals surface area contributed by atoms with Gasteiger partial charge in [-0.25, -0.2) is 15.0 Å². The minimum atomic E-state index is -1.13. The summed E-state index contributed by atoms with van der Waals surface area (Å²) in [6.45, 7) is 2.32. The number of Topliss-reactive ketones (excluding diaryl/α,β-unsaturated/α-hetero) is 1. The molecule has 0 bridgehead atoms. The third-order valence-electron chi connectivity index (χ3n) is 5.51. The molecule has 0 aromatic carbocycles. The number of nitrogens with two attached hydrogens (primary N) is 1. The van der Waals surface area contributed by atoms with Gasteiger partial charge in [0.15, 0.2) is 17.7 Å². The molecule has 0 amide bonds. The van der Waals surface area contributed by atoms with Gasteiger partial charge in [-0.05, 0) is 30.4 Å². The Balaban J connectivity index is 1.40. The molecule has 1 aliphatic heterocycles. The molecular weight excluding hydrogens is 366 g/mol. The number of carbonyl (C=O) groups is 1. The topological polar surface area (TPSA) is 116 Å². The fourth-order valence-electron chi connectivity index (χ4n) is 4.07. The Bertz CT molecular complexity index is 828. The Morgan fingerprint density at radius 2 is 2.19 bits per heavy atom. The van der Waals surface area contributed by atoms with Gasteiger partial charge >= 0.3 is 0 Å². The first-order valence-electron chi connectivity index (χ1n) is 9.42. The smallest absolute Gasteiger partial charge is 0.213 e. The summed E-state index contributed by atoms with van der Waals surface area (Å²) in [5, 5.41) is 10.4. The van der Waals surface area contributed by atoms with E-state index in [1.807, 2.05) is 0 Å². The van der Waals surface area contributed by atoms with E-state index in [1.165, 1.54) is 42.9 Å². The number of carbonyl (C=O) groups excluding carboxylic acids is 1. The van der Waals surface area contributed by atoms with Crippen LogP contribution in [0.5, 0.6) is 0 Å². The van der Waals surface area contributed by atoms with Crippen molar-refractivity contribution >= 4 is 34.5 Å². The number of anilines is 1. The van der Waals surface area contributed by atoms with E-state index in [0.717, 1.165) is 17.6 Å². The van der Waals surface area contributed by atoms with Gasteiger partial charge in [0.1, 0.15) is 24.1 Å². The number of aromatic nitrogens is 4. The summed E-state index contributed by atoms with van der Waals surface area (Å²) >= 11 is 1.76. The lowest BCUT2D eigenvalue weighted by atomic mass is 9.83. The van der Waals surface area contributed by atoms with Crippen molar-refractivity contribution in [2.45, 2.75) is 51.0 Å². The van der Waals surface area contributed by atoms with E-state index in [-0.39, 0.29) is 11.6 Å². The van der Waals surface area contributed by atoms with Crippen LogP contribution < -0.4 is 5.73 Å². The monoisotopic (exact) mass is 391 g/mol. The molecule has 1 saturated heterocycles. The molecule has 1 saturated carbocycles. The lowest BCUT2D eigenvalue weighted by molar-refractivity contribution is -0.130. The van der Waals surface area contributed by atoms with Crippen LogP contribution in [0, 0.1) is 11.8 Å². The molecule has 3 N–H and O–H groups in total. The highest BCUT2D eigenvalue weighted by Crippen LogP contribution is 2.33. The SMILES string of the molecule is CC1CCCC(CSC[C@H]2O[C@@H](n3cnc4c(N)ncnc43)C(=O)[C@@H]2O)C1. The number of ether oxygens (including phenoxy) is 1. The van der Waals surface area contributed by atoms with Crippen LogP contribution in [0.2, 0.25) is 0 Å². The second kappa shape index (κ2) is 7.73. The molecule has 1 aliphatic carbocycles. The highest BCUT2D eigenvalue weighted by molar-refractivity contribution is 7.99. The van der Waals surface area contributed by atoms with Gasteiger partial charge in [0.2, 0.25) is 5.78 Å². The van der Waals surface area contributed by atoms with Crippen molar-refractivity contribution in [1.29, 1.82) is 0 Å². The van der Waals surface area contributed by atoms with E-state index < -0.39 is 18.4 Å². The molecule has 146 valence electrons. The van der Waals surface area contributed by atoms with Gasteiger partial charge in [-0.15, -0.1) is 0 Å². The van der Waals surface area contributed by atoms with Crippen molar-refractivity contribution in [3.63, 3.8) is 0 Å². The maximum absolute atomic E-state index is 12.5. The molecular formula is C18H25N5O3S. The summed E-state index contributed by atoms with van der Waals surface area (Å²) < 4.78 is 7.41. The Morgan fingerprint density at radius 1 is 1.33 bits per heavy atom. The fraction of sp³-hybridized carbons (Fsp3) is 0.667. The summed E-state index contributed by atoms with van der Waals surface area (Å²) in [7, 11) is 0. The van der Waals surface area contributed by atoms with Gasteiger partial charge in [-0.3, -0.25) is 9.36 Å². The first-order chi connectivity index (χ1) is 13.0. The Kier molecular flexibility index (Phi) is 5.34. The van der Waals surface area contributed by atoms with Crippen LogP contribution in [0.25, 0.3) is 11.2 Å². The third kappa shape index (κ3) is 3.68. The van der Waals surface area contributed by atoms with E-state index in [4.69, 9.17) is 10.5 Å². The summed E-state index contributed by atoms with van der Waals surface area (Å²) in [5.41, 5.74) is 6.65. The minimum absolute atomic E-state index is 0.249. The van der Waals surface area contributed by atoms with E-state index in [2.05, 4.69) is 21.9 Å². The summed E-state index contributed by atoms with van der Waals surface area (Å²) in [5.74, 6) is 3.04. The van der Waals surface area contributed by atoms with Crippen LogP contribution in [-0.2, 0) is 9.53 Å². The highest BCUT2D eigenvalue weighted by atomic mass is 32.2. The number of hydrogen-bond donors (Lipinski definition) is 2. The van der Waals surface area contributed by atoms with Crippen LogP contribution in [0.1, 0.15) is 38.8 Å². The fourth-order valence-corrected chi connectivity index (χ4v) is 5.34. The van der Waals surface area contributed by atoms with Crippen LogP contribution >= 0.6 is 11.8 Å². The Morgan fingerprint density at radius 3 is 3.00 bits per heavy atom. The third-order valence-corrected chi connectivity index (χ3v) is 6.78. The van der Waals surface area contributed by atoms with E-state index in [9.17, 15) is 9.90 Å². The highest BCUT2D eigenvalue weighted by Gasteiger charge is 2.44. The molecule has 2 aliphatic rings. The number of hydrogen-bond acceptors (Lipinski definition) is 8. The number of rotatable bonds is 5. The predicted molar refractivity (Wildman–Crippen MR) is 103 cm³/mol. The molecule has 3 heterocycles. The van der Waals surface area contributed by atoms with Crippen molar-refractivity contribution in [3.05, 3.63) is 12.7 Å². The van der Waals surface area contributed by atoms with Gasteiger partial charge in [-0.1, -0.05) is 19.8 Å². The predicted octanol–water partition coefficient (Wildman–Crippen LogP) is 1.80. The lowest BCUT2D eigenvalue weighted by Crippen LogP contribution is -2.29. The van der Waals surface area contributed by atoms with E-state index in [1.54, 1.807) is 11.8 Å². The van der Waals surface area contributed by atoms with Gasteiger partial charge < -0.3 is 15.6 Å². The molecule has 2 unspecified atom stereocenters. The second-order valence-corrected chi connectivity index (χ2v) is 8.71. The molecule has 0 spiro atoms. The molecule has 0 radical (unpaired) electrons. The molecule has 27 heavy (non-hydrogen) atoms. The summed E-state index contributed by atoms with van der Waals surface area (Å²) in [6, 6.07) is 0. The quantitative estimate of drug-likeness (QED) is 0.792. The minimum Gasteiger partial charge on any atom is -0.382 e.